The van der Waals surface area contributed by atoms with Gasteiger partial charge in [-0.3, -0.25) is 0 Å². The fourth-order valence-electron chi connectivity index (χ4n) is 2.83. The molecule has 0 aromatic carbocycles. The maximum Gasteiger partial charge on any atom is 0.117 e. The predicted octanol–water partition coefficient (Wildman–Crippen LogP) is 2.66. The van der Waals surface area contributed by atoms with Crippen LogP contribution in [0.3, 0.4) is 0 Å². The predicted molar refractivity (Wildman–Crippen MR) is 52.5 cm³/mol. The zero-order chi connectivity index (χ0) is 9.10. The molecular weight excluding hydrogens is 165 g/mol. The summed E-state index contributed by atoms with van der Waals surface area (Å²) in [4.78, 5) is 0. The summed E-state index contributed by atoms with van der Waals surface area (Å²) < 4.78 is 13.4. The molecule has 0 radical (unpaired) electrons. The Bertz CT molecular complexity index is 152. The van der Waals surface area contributed by atoms with Crippen LogP contribution in [0.15, 0.2) is 0 Å². The number of alkyl halides is 1. The van der Waals surface area contributed by atoms with Gasteiger partial charge in [-0.1, -0.05) is 25.7 Å². The molecule has 1 saturated heterocycles. The molecule has 13 heavy (non-hydrogen) atoms. The van der Waals surface area contributed by atoms with Crippen molar-refractivity contribution in [3.8, 4) is 0 Å². The monoisotopic (exact) mass is 185 g/mol. The van der Waals surface area contributed by atoms with Gasteiger partial charge < -0.3 is 5.32 Å². The van der Waals surface area contributed by atoms with Crippen LogP contribution in [0.4, 0.5) is 4.39 Å². The highest BCUT2D eigenvalue weighted by Crippen LogP contribution is 2.30. The molecule has 1 saturated carbocycles. The summed E-state index contributed by atoms with van der Waals surface area (Å²) in [5.74, 6) is 0.625. The molecule has 1 aliphatic heterocycles. The molecule has 0 spiro atoms. The van der Waals surface area contributed by atoms with Gasteiger partial charge in [-0.2, -0.15) is 0 Å². The number of nitrogens with one attached hydrogen (secondary N) is 1. The van der Waals surface area contributed by atoms with E-state index in [2.05, 4.69) is 5.32 Å². The summed E-state index contributed by atoms with van der Waals surface area (Å²) in [6.45, 7) is 0.891. The van der Waals surface area contributed by atoms with Crippen LogP contribution in [-0.4, -0.2) is 18.8 Å². The average molecular weight is 185 g/mol. The fourth-order valence-corrected chi connectivity index (χ4v) is 2.83. The molecule has 0 amide bonds. The fraction of sp³-hybridized carbons (Fsp3) is 1.00. The van der Waals surface area contributed by atoms with Gasteiger partial charge in [-0.05, 0) is 31.7 Å². The Morgan fingerprint density at radius 2 is 1.62 bits per heavy atom. The van der Waals surface area contributed by atoms with E-state index in [1.807, 2.05) is 0 Å². The second-order valence-electron chi connectivity index (χ2n) is 4.54. The quantitative estimate of drug-likeness (QED) is 0.619. The molecule has 2 unspecified atom stereocenters. The minimum absolute atomic E-state index is 0.193. The van der Waals surface area contributed by atoms with Gasteiger partial charge >= 0.3 is 0 Å². The number of rotatable bonds is 1. The van der Waals surface area contributed by atoms with E-state index >= 15 is 0 Å². The van der Waals surface area contributed by atoms with Crippen LogP contribution in [-0.2, 0) is 0 Å². The molecule has 1 N–H and O–H groups in total. The van der Waals surface area contributed by atoms with E-state index in [1.165, 1.54) is 38.5 Å². The molecule has 2 atom stereocenters. The van der Waals surface area contributed by atoms with Gasteiger partial charge in [0.05, 0.1) is 0 Å². The first-order chi connectivity index (χ1) is 6.38. The first-order valence-electron chi connectivity index (χ1n) is 5.75. The summed E-state index contributed by atoms with van der Waals surface area (Å²) in [7, 11) is 0. The Labute approximate surface area is 80.1 Å². The Hall–Kier alpha value is -0.110. The zero-order valence-electron chi connectivity index (χ0n) is 8.27. The van der Waals surface area contributed by atoms with Crippen molar-refractivity contribution in [1.82, 2.24) is 5.32 Å². The van der Waals surface area contributed by atoms with Crippen LogP contribution >= 0.6 is 0 Å². The first kappa shape index (κ1) is 9.45. The van der Waals surface area contributed by atoms with Crippen molar-refractivity contribution in [1.29, 1.82) is 0 Å². The van der Waals surface area contributed by atoms with Crippen LogP contribution in [0.2, 0.25) is 0 Å². The van der Waals surface area contributed by atoms with E-state index in [0.717, 1.165) is 13.0 Å². The lowest BCUT2D eigenvalue weighted by molar-refractivity contribution is 0.225. The standard InChI is InChI=1S/C11H20FN/c12-10-7-8-13-11(10)9-5-3-1-2-4-6-9/h9-11,13H,1-8H2. The van der Waals surface area contributed by atoms with Crippen molar-refractivity contribution in [2.24, 2.45) is 5.92 Å². The molecule has 2 rings (SSSR count). The molecule has 2 aliphatic rings. The molecule has 1 nitrogen and oxygen atoms in total. The van der Waals surface area contributed by atoms with Crippen LogP contribution in [0.25, 0.3) is 0 Å². The number of hydrogen-bond donors (Lipinski definition) is 1. The third kappa shape index (κ3) is 2.22. The largest absolute Gasteiger partial charge is 0.311 e. The highest BCUT2D eigenvalue weighted by atomic mass is 19.1. The Morgan fingerprint density at radius 3 is 2.15 bits per heavy atom. The van der Waals surface area contributed by atoms with Gasteiger partial charge in [0.2, 0.25) is 0 Å². The molecule has 1 aliphatic carbocycles. The van der Waals surface area contributed by atoms with Gasteiger partial charge in [-0.15, -0.1) is 0 Å². The van der Waals surface area contributed by atoms with Crippen molar-refractivity contribution in [3.05, 3.63) is 0 Å². The summed E-state index contributed by atoms with van der Waals surface area (Å²) in [5, 5.41) is 3.33. The third-order valence-electron chi connectivity index (χ3n) is 3.60. The third-order valence-corrected chi connectivity index (χ3v) is 3.60. The van der Waals surface area contributed by atoms with Gasteiger partial charge in [-0.25, -0.2) is 4.39 Å². The SMILES string of the molecule is FC1CCNC1C1CCCCCC1. The van der Waals surface area contributed by atoms with Crippen LogP contribution in [0, 0.1) is 5.92 Å². The minimum Gasteiger partial charge on any atom is -0.311 e. The smallest absolute Gasteiger partial charge is 0.117 e. The maximum absolute atomic E-state index is 13.4. The second-order valence-corrected chi connectivity index (χ2v) is 4.54. The topological polar surface area (TPSA) is 12.0 Å². The maximum atomic E-state index is 13.4. The summed E-state index contributed by atoms with van der Waals surface area (Å²) >= 11 is 0. The molecule has 0 bridgehead atoms. The molecule has 2 fully saturated rings. The number of hydrogen-bond acceptors (Lipinski definition) is 1. The van der Waals surface area contributed by atoms with E-state index in [0.29, 0.717) is 5.92 Å². The van der Waals surface area contributed by atoms with E-state index in [9.17, 15) is 4.39 Å². The Morgan fingerprint density at radius 1 is 0.923 bits per heavy atom. The van der Waals surface area contributed by atoms with Crippen molar-refractivity contribution < 1.29 is 4.39 Å². The lowest BCUT2D eigenvalue weighted by Crippen LogP contribution is -2.35. The van der Waals surface area contributed by atoms with E-state index < -0.39 is 6.17 Å². The average Bonchev–Trinajstić information content (AvgIpc) is 2.43. The van der Waals surface area contributed by atoms with E-state index in [1.54, 1.807) is 0 Å². The van der Waals surface area contributed by atoms with E-state index in [4.69, 9.17) is 0 Å². The summed E-state index contributed by atoms with van der Waals surface area (Å²) in [5.41, 5.74) is 0. The van der Waals surface area contributed by atoms with Crippen molar-refractivity contribution >= 4 is 0 Å². The van der Waals surface area contributed by atoms with Gasteiger partial charge in [0.25, 0.3) is 0 Å². The lowest BCUT2D eigenvalue weighted by Gasteiger charge is -2.23. The summed E-state index contributed by atoms with van der Waals surface area (Å²) in [6, 6.07) is 0.193. The van der Waals surface area contributed by atoms with Gasteiger partial charge in [0.15, 0.2) is 0 Å². The van der Waals surface area contributed by atoms with Crippen molar-refractivity contribution in [2.45, 2.75) is 57.2 Å². The second kappa shape index (κ2) is 4.41. The molecule has 76 valence electrons. The highest BCUT2D eigenvalue weighted by molar-refractivity contribution is 4.89. The van der Waals surface area contributed by atoms with Crippen LogP contribution in [0.1, 0.15) is 44.9 Å². The highest BCUT2D eigenvalue weighted by Gasteiger charge is 2.33. The van der Waals surface area contributed by atoms with E-state index in [-0.39, 0.29) is 6.04 Å². The molecule has 2 heteroatoms. The van der Waals surface area contributed by atoms with Gasteiger partial charge in [0, 0.05) is 6.04 Å². The Kier molecular flexibility index (Phi) is 3.20. The number of halogens is 1. The normalized spacial score (nSPS) is 37.6. The zero-order valence-corrected chi connectivity index (χ0v) is 8.27. The summed E-state index contributed by atoms with van der Waals surface area (Å²) in [6.07, 6.45) is 8.02. The van der Waals surface area contributed by atoms with Gasteiger partial charge in [0.1, 0.15) is 6.17 Å². The molecule has 0 aromatic heterocycles. The minimum atomic E-state index is -0.567. The molecule has 0 aromatic rings. The first-order valence-corrected chi connectivity index (χ1v) is 5.75. The Balaban J connectivity index is 1.89. The van der Waals surface area contributed by atoms with Crippen molar-refractivity contribution in [2.75, 3.05) is 6.54 Å². The van der Waals surface area contributed by atoms with Crippen LogP contribution < -0.4 is 5.32 Å². The van der Waals surface area contributed by atoms with Crippen molar-refractivity contribution in [3.63, 3.8) is 0 Å². The molecular formula is C11H20FN. The van der Waals surface area contributed by atoms with Crippen LogP contribution in [0.5, 0.6) is 0 Å². The molecule has 1 heterocycles. The lowest BCUT2D eigenvalue weighted by atomic mass is 9.90.